The molecular weight excluding hydrogens is 308 g/mol. The van der Waals surface area contributed by atoms with Gasteiger partial charge in [0, 0.05) is 19.5 Å². The number of benzene rings is 1. The largest absolute Gasteiger partial charge is 0.464 e. The molecule has 1 heterocycles. The van der Waals surface area contributed by atoms with E-state index in [1.54, 1.807) is 18.7 Å². The Bertz CT molecular complexity index is 588. The summed E-state index contributed by atoms with van der Waals surface area (Å²) in [6.07, 6.45) is 0.955. The predicted octanol–water partition coefficient (Wildman–Crippen LogP) is 1.15. The molecule has 130 valence electrons. The smallest absolute Gasteiger partial charge is 0.328 e. The molecule has 0 radical (unpaired) electrons. The van der Waals surface area contributed by atoms with E-state index >= 15 is 0 Å². The fraction of sp³-hybridized carbons (Fsp3) is 0.500. The van der Waals surface area contributed by atoms with Crippen LogP contribution in [0.5, 0.6) is 0 Å². The zero-order valence-corrected chi connectivity index (χ0v) is 14.2. The quantitative estimate of drug-likeness (QED) is 0.760. The predicted molar refractivity (Wildman–Crippen MR) is 89.1 cm³/mol. The van der Waals surface area contributed by atoms with E-state index in [0.29, 0.717) is 13.1 Å². The van der Waals surface area contributed by atoms with Crippen molar-refractivity contribution in [3.05, 3.63) is 35.9 Å². The number of carbonyl (C=O) groups is 3. The number of esters is 1. The van der Waals surface area contributed by atoms with Crippen molar-refractivity contribution in [2.24, 2.45) is 5.92 Å². The zero-order chi connectivity index (χ0) is 17.5. The lowest BCUT2D eigenvalue weighted by Crippen LogP contribution is -2.43. The Balaban J connectivity index is 1.82. The number of hydrogen-bond acceptors (Lipinski definition) is 4. The summed E-state index contributed by atoms with van der Waals surface area (Å²) in [5, 5.41) is 2.63. The van der Waals surface area contributed by atoms with Crippen LogP contribution in [-0.4, -0.2) is 48.4 Å². The van der Waals surface area contributed by atoms with Crippen LogP contribution in [0.4, 0.5) is 0 Å². The second-order valence-electron chi connectivity index (χ2n) is 5.96. The minimum atomic E-state index is -0.703. The maximum Gasteiger partial charge on any atom is 0.328 e. The number of nitrogens with one attached hydrogen (secondary N) is 1. The van der Waals surface area contributed by atoms with Crippen LogP contribution in [0.2, 0.25) is 0 Å². The van der Waals surface area contributed by atoms with Gasteiger partial charge in [-0.3, -0.25) is 9.59 Å². The Morgan fingerprint density at radius 2 is 2.04 bits per heavy atom. The van der Waals surface area contributed by atoms with Crippen LogP contribution >= 0.6 is 0 Å². The lowest BCUT2D eigenvalue weighted by atomic mass is 10.1. The molecule has 2 amide bonds. The molecule has 0 saturated carbocycles. The highest BCUT2D eigenvalue weighted by Gasteiger charge is 2.35. The molecule has 1 N–H and O–H groups in total. The molecule has 2 unspecified atom stereocenters. The summed E-state index contributed by atoms with van der Waals surface area (Å²) < 4.78 is 4.87. The third-order valence-corrected chi connectivity index (χ3v) is 4.10. The van der Waals surface area contributed by atoms with E-state index in [9.17, 15) is 14.4 Å². The summed E-state index contributed by atoms with van der Waals surface area (Å²) in [4.78, 5) is 37.6. The van der Waals surface area contributed by atoms with Crippen LogP contribution in [0.25, 0.3) is 0 Å². The van der Waals surface area contributed by atoms with Crippen molar-refractivity contribution in [2.45, 2.75) is 32.7 Å². The van der Waals surface area contributed by atoms with Gasteiger partial charge in [-0.25, -0.2) is 4.79 Å². The van der Waals surface area contributed by atoms with Gasteiger partial charge in [0.05, 0.1) is 12.5 Å². The maximum atomic E-state index is 12.2. The Hall–Kier alpha value is -2.37. The molecule has 1 aliphatic rings. The molecule has 2 atom stereocenters. The summed E-state index contributed by atoms with van der Waals surface area (Å²) in [7, 11) is 0. The second kappa shape index (κ2) is 8.47. The maximum absolute atomic E-state index is 12.2. The molecule has 1 aromatic rings. The number of carbonyl (C=O) groups excluding carboxylic acids is 3. The van der Waals surface area contributed by atoms with Crippen molar-refractivity contribution < 1.29 is 19.1 Å². The number of rotatable bonds is 7. The van der Waals surface area contributed by atoms with E-state index < -0.39 is 17.9 Å². The van der Waals surface area contributed by atoms with Gasteiger partial charge < -0.3 is 15.0 Å². The number of likely N-dealkylation sites (tertiary alicyclic amines) is 1. The van der Waals surface area contributed by atoms with E-state index in [4.69, 9.17) is 4.74 Å². The van der Waals surface area contributed by atoms with Crippen LogP contribution in [0.3, 0.4) is 0 Å². The molecule has 1 aliphatic heterocycles. The lowest BCUT2D eigenvalue weighted by Gasteiger charge is -2.18. The monoisotopic (exact) mass is 332 g/mol. The topological polar surface area (TPSA) is 75.7 Å². The van der Waals surface area contributed by atoms with Crippen LogP contribution in [-0.2, 0) is 25.5 Å². The second-order valence-corrected chi connectivity index (χ2v) is 5.96. The molecule has 6 nitrogen and oxygen atoms in total. The fourth-order valence-electron chi connectivity index (χ4n) is 2.73. The van der Waals surface area contributed by atoms with Gasteiger partial charge in [-0.15, -0.1) is 0 Å². The zero-order valence-electron chi connectivity index (χ0n) is 14.2. The number of nitrogens with zero attached hydrogens (tertiary/aromatic N) is 1. The third-order valence-electron chi connectivity index (χ3n) is 4.10. The van der Waals surface area contributed by atoms with Gasteiger partial charge in [0.15, 0.2) is 0 Å². The first-order chi connectivity index (χ1) is 11.5. The first kappa shape index (κ1) is 18.0. The van der Waals surface area contributed by atoms with Gasteiger partial charge in [-0.1, -0.05) is 30.3 Å². The number of amides is 2. The highest BCUT2D eigenvalue weighted by atomic mass is 16.5. The molecule has 0 aliphatic carbocycles. The van der Waals surface area contributed by atoms with Crippen LogP contribution < -0.4 is 5.32 Å². The van der Waals surface area contributed by atoms with Crippen molar-refractivity contribution in [3.63, 3.8) is 0 Å². The van der Waals surface area contributed by atoms with E-state index in [-0.39, 0.29) is 24.8 Å². The van der Waals surface area contributed by atoms with Gasteiger partial charge >= 0.3 is 5.97 Å². The average Bonchev–Trinajstić information content (AvgIpc) is 2.95. The van der Waals surface area contributed by atoms with Crippen molar-refractivity contribution in [2.75, 3.05) is 19.7 Å². The first-order valence-corrected chi connectivity index (χ1v) is 8.30. The fourth-order valence-corrected chi connectivity index (χ4v) is 2.73. The Morgan fingerprint density at radius 1 is 1.33 bits per heavy atom. The van der Waals surface area contributed by atoms with Gasteiger partial charge in [-0.05, 0) is 25.8 Å². The highest BCUT2D eigenvalue weighted by Crippen LogP contribution is 2.18. The van der Waals surface area contributed by atoms with Crippen LogP contribution in [0, 0.1) is 5.92 Å². The van der Waals surface area contributed by atoms with Crippen molar-refractivity contribution in [1.29, 1.82) is 0 Å². The SMILES string of the molecule is CCOC(=O)C(C)NC(=O)C1CC(=O)N(CCc2ccccc2)C1. The van der Waals surface area contributed by atoms with Crippen LogP contribution in [0.15, 0.2) is 30.3 Å². The summed E-state index contributed by atoms with van der Waals surface area (Å²) in [5.41, 5.74) is 1.16. The molecule has 6 heteroatoms. The van der Waals surface area contributed by atoms with Gasteiger partial charge in [-0.2, -0.15) is 0 Å². The minimum Gasteiger partial charge on any atom is -0.464 e. The van der Waals surface area contributed by atoms with Crippen LogP contribution in [0.1, 0.15) is 25.8 Å². The molecular formula is C18H24N2O4. The van der Waals surface area contributed by atoms with Gasteiger partial charge in [0.25, 0.3) is 0 Å². The molecule has 1 fully saturated rings. The summed E-state index contributed by atoms with van der Waals surface area (Å²) in [5.74, 6) is -1.16. The standard InChI is InChI=1S/C18H24N2O4/c1-3-24-18(23)13(2)19-17(22)15-11-16(21)20(12-15)10-9-14-7-5-4-6-8-14/h4-8,13,15H,3,9-12H2,1-2H3,(H,19,22). The van der Waals surface area contributed by atoms with E-state index in [0.717, 1.165) is 12.0 Å². The lowest BCUT2D eigenvalue weighted by molar-refractivity contribution is -0.147. The summed E-state index contributed by atoms with van der Waals surface area (Å²) in [6.45, 7) is 4.56. The number of ether oxygens (including phenoxy) is 1. The van der Waals surface area contributed by atoms with Gasteiger partial charge in [0.1, 0.15) is 6.04 Å². The van der Waals surface area contributed by atoms with Gasteiger partial charge in [0.2, 0.25) is 11.8 Å². The molecule has 0 spiro atoms. The molecule has 24 heavy (non-hydrogen) atoms. The van der Waals surface area contributed by atoms with Crippen molar-refractivity contribution in [3.8, 4) is 0 Å². The minimum absolute atomic E-state index is 0.0186. The van der Waals surface area contributed by atoms with E-state index in [1.807, 2.05) is 30.3 Å². The molecule has 0 aromatic heterocycles. The van der Waals surface area contributed by atoms with Crippen molar-refractivity contribution >= 4 is 17.8 Å². The van der Waals surface area contributed by atoms with Crippen molar-refractivity contribution in [1.82, 2.24) is 10.2 Å². The first-order valence-electron chi connectivity index (χ1n) is 8.30. The molecule has 0 bridgehead atoms. The Labute approximate surface area is 142 Å². The highest BCUT2D eigenvalue weighted by molar-refractivity contribution is 5.91. The molecule has 2 rings (SSSR count). The average molecular weight is 332 g/mol. The normalized spacial score (nSPS) is 18.3. The van der Waals surface area contributed by atoms with E-state index in [2.05, 4.69) is 5.32 Å². The Morgan fingerprint density at radius 3 is 2.71 bits per heavy atom. The Kier molecular flexibility index (Phi) is 6.35. The third kappa shape index (κ3) is 4.81. The molecule has 1 aromatic carbocycles. The number of hydrogen-bond donors (Lipinski definition) is 1. The summed E-state index contributed by atoms with van der Waals surface area (Å²) >= 11 is 0. The van der Waals surface area contributed by atoms with E-state index in [1.165, 1.54) is 0 Å². The summed E-state index contributed by atoms with van der Waals surface area (Å²) in [6, 6.07) is 9.22. The molecule has 1 saturated heterocycles.